The van der Waals surface area contributed by atoms with Crippen molar-refractivity contribution in [3.8, 4) is 0 Å². The average Bonchev–Trinajstić information content (AvgIpc) is 1.81. The Kier molecular flexibility index (Phi) is 6.73. The van der Waals surface area contributed by atoms with Crippen LogP contribution in [0.15, 0.2) is 0 Å². The zero-order valence-corrected chi connectivity index (χ0v) is 14.5. The molecule has 13 heavy (non-hydrogen) atoms. The Bertz CT molecular complexity index is 120. The van der Waals surface area contributed by atoms with Gasteiger partial charge in [-0.15, -0.1) is 30.6 Å². The van der Waals surface area contributed by atoms with Crippen molar-refractivity contribution in [1.29, 1.82) is 0 Å². The van der Waals surface area contributed by atoms with E-state index in [1.165, 1.54) is 31.4 Å². The molecule has 4 heteroatoms. The molecule has 0 aliphatic rings. The van der Waals surface area contributed by atoms with Crippen LogP contribution < -0.4 is 0 Å². The molecule has 0 aliphatic heterocycles. The van der Waals surface area contributed by atoms with Gasteiger partial charge in [-0.3, -0.25) is 0 Å². The fourth-order valence-corrected chi connectivity index (χ4v) is 5.13. The maximum atomic E-state index is 3.81. The minimum Gasteiger partial charge on any atom is -0.127 e. The van der Waals surface area contributed by atoms with Crippen molar-refractivity contribution in [2.45, 2.75) is 57.5 Å². The van der Waals surface area contributed by atoms with E-state index in [1.807, 2.05) is 0 Å². The second-order valence-corrected chi connectivity index (χ2v) is 25.8. The number of rotatable bonds is 6. The highest BCUT2D eigenvalue weighted by Gasteiger charge is 2.17. The van der Waals surface area contributed by atoms with Crippen LogP contribution in [0.4, 0.5) is 0 Å². The van der Waals surface area contributed by atoms with Crippen molar-refractivity contribution in [3.05, 3.63) is 0 Å². The van der Waals surface area contributed by atoms with Gasteiger partial charge in [0.05, 0.1) is 0 Å². The summed E-state index contributed by atoms with van der Waals surface area (Å²) >= 11 is 7.62. The molecule has 0 aromatic heterocycles. The fourth-order valence-electron chi connectivity index (χ4n) is 1.27. The van der Waals surface area contributed by atoms with Gasteiger partial charge in [0.25, 0.3) is 0 Å². The largest absolute Gasteiger partial charge is 0.127 e. The fraction of sp³-hybridized carbons (Fsp3) is 1.00. The lowest BCUT2D eigenvalue weighted by Gasteiger charge is -2.15. The molecule has 0 aromatic rings. The second kappa shape index (κ2) is 6.08. The minimum atomic E-state index is -0.941. The molecule has 0 fully saturated rings. The Labute approximate surface area is 101 Å². The quantitative estimate of drug-likeness (QED) is 0.345. The van der Waals surface area contributed by atoms with Crippen molar-refractivity contribution in [2.24, 2.45) is 0 Å². The summed E-state index contributed by atoms with van der Waals surface area (Å²) in [6.45, 7) is 7.66. The van der Waals surface area contributed by atoms with Gasteiger partial charge in [-0.05, 0) is 12.1 Å². The molecule has 0 N–H and O–H groups in total. The van der Waals surface area contributed by atoms with Crippen molar-refractivity contribution in [1.82, 2.24) is 0 Å². The lowest BCUT2D eigenvalue weighted by atomic mass is 10.3. The summed E-state index contributed by atoms with van der Waals surface area (Å²) in [5.41, 5.74) is 0. The Hall–Kier alpha value is 1.39. The average molecular weight is 346 g/mol. The van der Waals surface area contributed by atoms with Crippen LogP contribution in [0, 0.1) is 0 Å². The topological polar surface area (TPSA) is 0 Å². The van der Waals surface area contributed by atoms with Gasteiger partial charge in [-0.25, -0.2) is 0 Å². The van der Waals surface area contributed by atoms with E-state index in [9.17, 15) is 0 Å². The van der Waals surface area contributed by atoms with E-state index in [0.29, 0.717) is 0 Å². The first-order chi connectivity index (χ1) is 5.71. The third-order valence-corrected chi connectivity index (χ3v) is 7.51. The molecule has 0 unspecified atom stereocenters. The third-order valence-electron chi connectivity index (χ3n) is 2.04. The standard InChI is InChI=1S/C9H22Br2Si2/c1-12(2,10)8-6-5-7-9-13(3,4)11/h5-9H2,1-4H3. The number of hydrogen-bond acceptors (Lipinski definition) is 0. The van der Waals surface area contributed by atoms with E-state index < -0.39 is 13.4 Å². The number of unbranched alkanes of at least 4 members (excludes halogenated alkanes) is 2. The Morgan fingerprint density at radius 1 is 0.692 bits per heavy atom. The number of hydrogen-bond donors (Lipinski definition) is 0. The molecule has 0 nitrogen and oxygen atoms in total. The van der Waals surface area contributed by atoms with Gasteiger partial charge in [0.2, 0.25) is 0 Å². The van der Waals surface area contributed by atoms with Crippen LogP contribution in [-0.2, 0) is 0 Å². The maximum Gasteiger partial charge on any atom is 0.124 e. The molecule has 0 radical (unpaired) electrons. The van der Waals surface area contributed by atoms with Crippen LogP contribution in [-0.4, -0.2) is 13.4 Å². The molecule has 0 bridgehead atoms. The summed E-state index contributed by atoms with van der Waals surface area (Å²) in [7, 11) is 0. The molecule has 0 spiro atoms. The highest BCUT2D eigenvalue weighted by molar-refractivity contribution is 9.26. The lowest BCUT2D eigenvalue weighted by molar-refractivity contribution is 0.760. The van der Waals surface area contributed by atoms with Gasteiger partial charge >= 0.3 is 0 Å². The first kappa shape index (κ1) is 14.4. The molecular formula is C9H22Br2Si2. The van der Waals surface area contributed by atoms with E-state index in [0.717, 1.165) is 0 Å². The molecular weight excluding hydrogens is 324 g/mol. The smallest absolute Gasteiger partial charge is 0.124 e. The molecule has 80 valence electrons. The molecule has 0 rings (SSSR count). The van der Waals surface area contributed by atoms with E-state index in [4.69, 9.17) is 0 Å². The first-order valence-electron chi connectivity index (χ1n) is 5.09. The summed E-state index contributed by atoms with van der Waals surface area (Å²) in [4.78, 5) is 0. The lowest BCUT2D eigenvalue weighted by Crippen LogP contribution is -2.15. The Morgan fingerprint density at radius 2 is 1.00 bits per heavy atom. The SMILES string of the molecule is C[Si](C)(Br)CCCCC[Si](C)(C)Br. The molecule has 0 amide bonds. The van der Waals surface area contributed by atoms with Gasteiger partial charge in [0, 0.05) is 0 Å². The monoisotopic (exact) mass is 344 g/mol. The highest BCUT2D eigenvalue weighted by Crippen LogP contribution is 2.24. The molecule has 0 heterocycles. The first-order valence-corrected chi connectivity index (χ1v) is 16.0. The van der Waals surface area contributed by atoms with E-state index in [-0.39, 0.29) is 0 Å². The van der Waals surface area contributed by atoms with Gasteiger partial charge in [-0.2, -0.15) is 0 Å². The van der Waals surface area contributed by atoms with Crippen LogP contribution in [0.5, 0.6) is 0 Å². The molecule has 0 aliphatic carbocycles. The normalized spacial score (nSPS) is 13.4. The van der Waals surface area contributed by atoms with Gasteiger partial charge in [-0.1, -0.05) is 45.5 Å². The maximum absolute atomic E-state index is 3.81. The van der Waals surface area contributed by atoms with Crippen molar-refractivity contribution >= 4 is 44.0 Å². The zero-order chi connectivity index (χ0) is 10.5. The van der Waals surface area contributed by atoms with Crippen molar-refractivity contribution in [3.63, 3.8) is 0 Å². The summed E-state index contributed by atoms with van der Waals surface area (Å²) in [6.07, 6.45) is 4.26. The van der Waals surface area contributed by atoms with Crippen LogP contribution >= 0.6 is 30.6 Å². The van der Waals surface area contributed by atoms with Crippen LogP contribution in [0.2, 0.25) is 38.3 Å². The van der Waals surface area contributed by atoms with E-state index >= 15 is 0 Å². The van der Waals surface area contributed by atoms with Gasteiger partial charge in [0.15, 0.2) is 0 Å². The second-order valence-electron chi connectivity index (χ2n) is 5.00. The zero-order valence-electron chi connectivity index (χ0n) is 9.29. The summed E-state index contributed by atoms with van der Waals surface area (Å²) in [5.74, 6) is 0. The van der Waals surface area contributed by atoms with Crippen LogP contribution in [0.25, 0.3) is 0 Å². The predicted octanol–water partition coefficient (Wildman–Crippen LogP) is 5.36. The van der Waals surface area contributed by atoms with Crippen LogP contribution in [0.3, 0.4) is 0 Å². The Morgan fingerprint density at radius 3 is 1.23 bits per heavy atom. The van der Waals surface area contributed by atoms with Crippen molar-refractivity contribution in [2.75, 3.05) is 0 Å². The summed E-state index contributed by atoms with van der Waals surface area (Å²) < 4.78 is 0. The van der Waals surface area contributed by atoms with E-state index in [2.05, 4.69) is 56.8 Å². The molecule has 0 saturated carbocycles. The van der Waals surface area contributed by atoms with Gasteiger partial charge < -0.3 is 0 Å². The minimum absolute atomic E-state index is 0.941. The third kappa shape index (κ3) is 13.4. The highest BCUT2D eigenvalue weighted by atomic mass is 79.9. The van der Waals surface area contributed by atoms with E-state index in [1.54, 1.807) is 0 Å². The summed E-state index contributed by atoms with van der Waals surface area (Å²) in [5, 5.41) is 0. The molecule has 0 atom stereocenters. The van der Waals surface area contributed by atoms with Crippen LogP contribution in [0.1, 0.15) is 19.3 Å². The Balaban J connectivity index is 3.28. The summed E-state index contributed by atoms with van der Waals surface area (Å²) in [6, 6.07) is 2.86. The van der Waals surface area contributed by atoms with Crippen molar-refractivity contribution < 1.29 is 0 Å². The molecule has 0 aromatic carbocycles. The number of halogens is 2. The van der Waals surface area contributed by atoms with Gasteiger partial charge in [0.1, 0.15) is 13.4 Å². The predicted molar refractivity (Wildman–Crippen MR) is 76.3 cm³/mol. The molecule has 0 saturated heterocycles.